The zero-order valence-corrected chi connectivity index (χ0v) is 18.7. The highest BCUT2D eigenvalue weighted by Crippen LogP contribution is 2.30. The van der Waals surface area contributed by atoms with E-state index in [1.807, 2.05) is 6.92 Å². The van der Waals surface area contributed by atoms with Crippen LogP contribution < -0.4 is 14.9 Å². The van der Waals surface area contributed by atoms with E-state index in [2.05, 4.69) is 10.5 Å². The van der Waals surface area contributed by atoms with Crippen molar-refractivity contribution < 1.29 is 22.8 Å². The van der Waals surface area contributed by atoms with E-state index in [-0.39, 0.29) is 23.7 Å². The number of hydrogen-bond donors (Lipinski definition) is 1. The van der Waals surface area contributed by atoms with E-state index in [0.29, 0.717) is 23.7 Å². The number of anilines is 1. The molecule has 0 atom stereocenters. The molecule has 1 N–H and O–H groups in total. The van der Waals surface area contributed by atoms with Gasteiger partial charge in [0.05, 0.1) is 29.8 Å². The molecule has 0 radical (unpaired) electrons. The minimum absolute atomic E-state index is 0.0673. The molecule has 168 valence electrons. The highest BCUT2D eigenvalue weighted by molar-refractivity contribution is 7.89. The molecule has 11 heteroatoms. The number of nitro benzene ring substituents is 1. The molecule has 0 heterocycles. The molecule has 0 amide bonds. The van der Waals surface area contributed by atoms with Gasteiger partial charge in [0, 0.05) is 19.2 Å². The fourth-order valence-electron chi connectivity index (χ4n) is 2.85. The molecule has 10 nitrogen and oxygen atoms in total. The van der Waals surface area contributed by atoms with Crippen LogP contribution in [0.1, 0.15) is 26.3 Å². The van der Waals surface area contributed by atoms with E-state index in [4.69, 9.17) is 9.47 Å². The number of methoxy groups -OCH3 is 1. The Bertz CT molecular complexity index is 1050. The van der Waals surface area contributed by atoms with Crippen molar-refractivity contribution in [3.63, 3.8) is 0 Å². The molecule has 31 heavy (non-hydrogen) atoms. The second-order valence-corrected chi connectivity index (χ2v) is 8.18. The fraction of sp³-hybridized carbons (Fsp3) is 0.350. The van der Waals surface area contributed by atoms with Crippen molar-refractivity contribution in [2.45, 2.75) is 25.7 Å². The summed E-state index contributed by atoms with van der Waals surface area (Å²) >= 11 is 0. The van der Waals surface area contributed by atoms with E-state index in [0.717, 1.165) is 6.07 Å². The smallest absolute Gasteiger partial charge is 0.295 e. The summed E-state index contributed by atoms with van der Waals surface area (Å²) in [6.07, 6.45) is 1.46. The Kier molecular flexibility index (Phi) is 8.34. The van der Waals surface area contributed by atoms with Crippen molar-refractivity contribution >= 4 is 27.6 Å². The molecule has 0 aliphatic rings. The van der Waals surface area contributed by atoms with Crippen molar-refractivity contribution in [3.05, 3.63) is 52.1 Å². The first kappa shape index (κ1) is 24.1. The summed E-state index contributed by atoms with van der Waals surface area (Å²) in [7, 11) is -2.30. The number of nitrogens with zero attached hydrogens (tertiary/aromatic N) is 3. The molecule has 0 aromatic heterocycles. The maximum atomic E-state index is 12.6. The first-order valence-corrected chi connectivity index (χ1v) is 11.1. The number of nitrogens with one attached hydrogen (secondary N) is 1. The second-order valence-electron chi connectivity index (χ2n) is 6.24. The number of benzene rings is 2. The average molecular weight is 451 g/mol. The van der Waals surface area contributed by atoms with Crippen LogP contribution in [0.25, 0.3) is 0 Å². The third kappa shape index (κ3) is 5.70. The van der Waals surface area contributed by atoms with E-state index in [9.17, 15) is 18.5 Å². The molecule has 0 aliphatic carbocycles. The lowest BCUT2D eigenvalue weighted by Gasteiger charge is -2.18. The van der Waals surface area contributed by atoms with Crippen LogP contribution in [0.5, 0.6) is 11.5 Å². The molecule has 0 fully saturated rings. The minimum Gasteiger partial charge on any atom is -0.493 e. The van der Waals surface area contributed by atoms with E-state index >= 15 is 0 Å². The van der Waals surface area contributed by atoms with Gasteiger partial charge in [-0.15, -0.1) is 0 Å². The zero-order chi connectivity index (χ0) is 23.0. The maximum Gasteiger partial charge on any atom is 0.295 e. The van der Waals surface area contributed by atoms with Gasteiger partial charge < -0.3 is 9.47 Å². The van der Waals surface area contributed by atoms with Gasteiger partial charge in [-0.2, -0.15) is 9.41 Å². The lowest BCUT2D eigenvalue weighted by Crippen LogP contribution is -2.30. The molecule has 2 aromatic carbocycles. The van der Waals surface area contributed by atoms with Gasteiger partial charge in [-0.1, -0.05) is 13.8 Å². The number of hydrazone groups is 1. The van der Waals surface area contributed by atoms with Crippen molar-refractivity contribution in [3.8, 4) is 11.5 Å². The maximum absolute atomic E-state index is 12.6. The molecule has 0 bridgehead atoms. The third-order valence-corrected chi connectivity index (χ3v) is 6.44. The molecule has 0 aliphatic heterocycles. The Balaban J connectivity index is 2.29. The standard InChI is InChI=1S/C20H26N4O6S/c1-5-23(6-2)31(27,28)16-9-10-17(18(13-16)24(25)26)22-21-14-15-8-11-19(30-7-3)20(12-15)29-4/h8-14,22H,5-7H2,1-4H3. The second kappa shape index (κ2) is 10.7. The molecule has 2 aromatic rings. The van der Waals surface area contributed by atoms with Gasteiger partial charge in [-0.05, 0) is 42.8 Å². The third-order valence-electron chi connectivity index (χ3n) is 4.40. The van der Waals surface area contributed by atoms with Gasteiger partial charge in [0.25, 0.3) is 5.69 Å². The highest BCUT2D eigenvalue weighted by Gasteiger charge is 2.25. The summed E-state index contributed by atoms with van der Waals surface area (Å²) in [6, 6.07) is 8.88. The van der Waals surface area contributed by atoms with Gasteiger partial charge in [0.2, 0.25) is 10.0 Å². The molecule has 0 saturated carbocycles. The van der Waals surface area contributed by atoms with Gasteiger partial charge in [0.1, 0.15) is 5.69 Å². The molecular weight excluding hydrogens is 424 g/mol. The fourth-order valence-corrected chi connectivity index (χ4v) is 4.32. The highest BCUT2D eigenvalue weighted by atomic mass is 32.2. The zero-order valence-electron chi connectivity index (χ0n) is 17.9. The summed E-state index contributed by atoms with van der Waals surface area (Å²) in [5.74, 6) is 1.12. The molecule has 0 saturated heterocycles. The SMILES string of the molecule is CCOc1ccc(C=NNc2ccc(S(=O)(=O)N(CC)CC)cc2[N+](=O)[O-])cc1OC. The molecule has 2 rings (SSSR count). The Morgan fingerprint density at radius 1 is 1.13 bits per heavy atom. The van der Waals surface area contributed by atoms with Crippen LogP contribution in [-0.4, -0.2) is 50.7 Å². The average Bonchev–Trinajstić information content (AvgIpc) is 2.75. The van der Waals surface area contributed by atoms with Crippen LogP contribution in [0.2, 0.25) is 0 Å². The topological polar surface area (TPSA) is 123 Å². The Hall–Kier alpha value is -3.18. The van der Waals surface area contributed by atoms with Gasteiger partial charge in [0.15, 0.2) is 11.5 Å². The molecular formula is C20H26N4O6S. The van der Waals surface area contributed by atoms with Crippen LogP contribution >= 0.6 is 0 Å². The number of ether oxygens (including phenoxy) is 2. The number of hydrogen-bond acceptors (Lipinski definition) is 8. The minimum atomic E-state index is -3.82. The van der Waals surface area contributed by atoms with Crippen molar-refractivity contribution in [2.24, 2.45) is 5.10 Å². The number of rotatable bonds is 11. The quantitative estimate of drug-likeness (QED) is 0.316. The van der Waals surface area contributed by atoms with Crippen LogP contribution in [0.15, 0.2) is 46.4 Å². The lowest BCUT2D eigenvalue weighted by atomic mass is 10.2. The summed E-state index contributed by atoms with van der Waals surface area (Å²) < 4.78 is 37.3. The first-order valence-electron chi connectivity index (χ1n) is 9.66. The molecule has 0 spiro atoms. The van der Waals surface area contributed by atoms with E-state index < -0.39 is 20.6 Å². The van der Waals surface area contributed by atoms with Gasteiger partial charge >= 0.3 is 0 Å². The largest absolute Gasteiger partial charge is 0.493 e. The Morgan fingerprint density at radius 3 is 2.42 bits per heavy atom. The van der Waals surface area contributed by atoms with E-state index in [1.165, 1.54) is 29.8 Å². The van der Waals surface area contributed by atoms with Crippen LogP contribution in [0, 0.1) is 10.1 Å². The number of sulfonamides is 1. The normalized spacial score (nSPS) is 11.6. The Morgan fingerprint density at radius 2 is 1.84 bits per heavy atom. The van der Waals surface area contributed by atoms with Crippen LogP contribution in [0.4, 0.5) is 11.4 Å². The predicted octanol–water partition coefficient (Wildman–Crippen LogP) is 3.48. The van der Waals surface area contributed by atoms with Gasteiger partial charge in [-0.25, -0.2) is 8.42 Å². The summed E-state index contributed by atoms with van der Waals surface area (Å²) in [5, 5.41) is 15.5. The van der Waals surface area contributed by atoms with Gasteiger partial charge in [-0.3, -0.25) is 15.5 Å². The summed E-state index contributed by atoms with van der Waals surface area (Å²) in [5.41, 5.74) is 2.95. The summed E-state index contributed by atoms with van der Waals surface area (Å²) in [6.45, 7) is 6.30. The first-order chi connectivity index (χ1) is 14.8. The van der Waals surface area contributed by atoms with Crippen molar-refractivity contribution in [1.29, 1.82) is 0 Å². The van der Waals surface area contributed by atoms with Crippen molar-refractivity contribution in [2.75, 3.05) is 32.2 Å². The lowest BCUT2D eigenvalue weighted by molar-refractivity contribution is -0.384. The van der Waals surface area contributed by atoms with Crippen molar-refractivity contribution in [1.82, 2.24) is 4.31 Å². The monoisotopic (exact) mass is 450 g/mol. The summed E-state index contributed by atoms with van der Waals surface area (Å²) in [4.78, 5) is 10.7. The predicted molar refractivity (Wildman–Crippen MR) is 119 cm³/mol. The molecule has 0 unspecified atom stereocenters. The van der Waals surface area contributed by atoms with E-state index in [1.54, 1.807) is 32.0 Å². The Labute approximate surface area is 181 Å². The number of nitro groups is 1. The van der Waals surface area contributed by atoms with Crippen LogP contribution in [-0.2, 0) is 10.0 Å². The van der Waals surface area contributed by atoms with Crippen LogP contribution in [0.3, 0.4) is 0 Å².